The first-order chi connectivity index (χ1) is 22.2. The second-order valence-corrected chi connectivity index (χ2v) is 12.2. The number of hydrogen-bond acceptors (Lipinski definition) is 7. The molecule has 3 amide bonds. The molecule has 1 fully saturated rings. The second-order valence-electron chi connectivity index (χ2n) is 11.2. The molecule has 0 saturated carbocycles. The number of piperazine rings is 1. The molecular weight excluding hydrogens is 608 g/mol. The summed E-state index contributed by atoms with van der Waals surface area (Å²) in [4.78, 5) is 61.5. The highest BCUT2D eigenvalue weighted by Crippen LogP contribution is 2.25. The smallest absolute Gasteiger partial charge is 0.323 e. The number of hydrogen-bond donors (Lipinski definition) is 2. The quantitative estimate of drug-likeness (QED) is 0.202. The molecule has 0 spiro atoms. The van der Waals surface area contributed by atoms with Crippen LogP contribution in [0.15, 0.2) is 66.2 Å². The number of carbonyl (C=O) groups is 4. The lowest BCUT2D eigenvalue weighted by molar-refractivity contribution is -0.158. The molecule has 2 aromatic heterocycles. The number of fused-ring (bicyclic) bond motifs is 1. The maximum atomic E-state index is 13.9. The van der Waals surface area contributed by atoms with Crippen molar-refractivity contribution in [2.45, 2.75) is 31.7 Å². The van der Waals surface area contributed by atoms with Crippen molar-refractivity contribution < 1.29 is 33.8 Å². The zero-order valence-electron chi connectivity index (χ0n) is 25.9. The molecule has 4 aromatic rings. The molecule has 12 heteroatoms. The molecule has 2 N–H and O–H groups in total. The van der Waals surface area contributed by atoms with Gasteiger partial charge in [-0.2, -0.15) is 0 Å². The first-order valence-corrected chi connectivity index (χ1v) is 16.0. The van der Waals surface area contributed by atoms with Crippen LogP contribution in [0, 0.1) is 0 Å². The Kier molecular flexibility index (Phi) is 10.6. The van der Waals surface area contributed by atoms with E-state index in [1.165, 1.54) is 14.7 Å². The van der Waals surface area contributed by atoms with Gasteiger partial charge in [0, 0.05) is 41.6 Å². The van der Waals surface area contributed by atoms with Gasteiger partial charge in [0.15, 0.2) is 0 Å². The van der Waals surface area contributed by atoms with Crippen LogP contribution < -0.4 is 9.47 Å². The average Bonchev–Trinajstić information content (AvgIpc) is 3.73. The Hall–Kier alpha value is -4.84. The zero-order chi connectivity index (χ0) is 32.6. The van der Waals surface area contributed by atoms with Gasteiger partial charge in [-0.1, -0.05) is 18.2 Å². The predicted molar refractivity (Wildman–Crippen MR) is 174 cm³/mol. The van der Waals surface area contributed by atoms with Gasteiger partial charge in [0.05, 0.1) is 27.2 Å². The van der Waals surface area contributed by atoms with E-state index in [0.29, 0.717) is 31.6 Å². The van der Waals surface area contributed by atoms with E-state index in [1.54, 1.807) is 25.6 Å². The Morgan fingerprint density at radius 3 is 2.46 bits per heavy atom. The van der Waals surface area contributed by atoms with Crippen molar-refractivity contribution in [3.05, 3.63) is 82.2 Å². The van der Waals surface area contributed by atoms with E-state index in [2.05, 4.69) is 4.98 Å². The molecule has 0 radical (unpaired) electrons. The number of ether oxygens (including phenoxy) is 2. The lowest BCUT2D eigenvalue weighted by Gasteiger charge is -2.40. The molecule has 0 aliphatic carbocycles. The van der Waals surface area contributed by atoms with E-state index in [-0.39, 0.29) is 37.9 Å². The molecule has 11 nitrogen and oxygen atoms in total. The number of aliphatic carboxylic acids is 1. The summed E-state index contributed by atoms with van der Waals surface area (Å²) in [5.74, 6) is -0.789. The van der Waals surface area contributed by atoms with Crippen LogP contribution in [0.2, 0.25) is 0 Å². The van der Waals surface area contributed by atoms with Gasteiger partial charge < -0.3 is 34.3 Å². The third kappa shape index (κ3) is 7.86. The molecule has 2 aromatic carbocycles. The molecule has 46 heavy (non-hydrogen) atoms. The van der Waals surface area contributed by atoms with Crippen LogP contribution in [0.5, 0.6) is 11.5 Å². The first kappa shape index (κ1) is 32.6. The van der Waals surface area contributed by atoms with Crippen LogP contribution in [0.3, 0.4) is 0 Å². The van der Waals surface area contributed by atoms with Crippen LogP contribution in [0.4, 0.5) is 0 Å². The van der Waals surface area contributed by atoms with Crippen molar-refractivity contribution >= 4 is 45.9 Å². The maximum absolute atomic E-state index is 13.9. The number of benzene rings is 2. The van der Waals surface area contributed by atoms with Crippen molar-refractivity contribution in [2.24, 2.45) is 0 Å². The Bertz CT molecular complexity index is 1670. The third-order valence-electron chi connectivity index (χ3n) is 8.30. The largest absolute Gasteiger partial charge is 0.497 e. The highest BCUT2D eigenvalue weighted by atomic mass is 32.1. The van der Waals surface area contributed by atoms with Crippen molar-refractivity contribution in [1.29, 1.82) is 0 Å². The summed E-state index contributed by atoms with van der Waals surface area (Å²) in [5, 5.41) is 12.5. The fourth-order valence-electron chi connectivity index (χ4n) is 5.76. The van der Waals surface area contributed by atoms with E-state index in [1.807, 2.05) is 66.2 Å². The number of carboxylic acids is 1. The number of nitrogens with zero attached hydrogens (tertiary/aromatic N) is 3. The number of amides is 3. The molecule has 1 aliphatic rings. The lowest BCUT2D eigenvalue weighted by atomic mass is 10.0. The monoisotopic (exact) mass is 646 g/mol. The summed E-state index contributed by atoms with van der Waals surface area (Å²) in [6.07, 6.45) is 3.00. The molecule has 1 atom stereocenters. The highest BCUT2D eigenvalue weighted by molar-refractivity contribution is 7.09. The summed E-state index contributed by atoms with van der Waals surface area (Å²) in [6, 6.07) is 16.0. The van der Waals surface area contributed by atoms with Crippen LogP contribution >= 0.6 is 11.3 Å². The second kappa shape index (κ2) is 15.0. The summed E-state index contributed by atoms with van der Waals surface area (Å²) in [7, 11) is 3.18. The van der Waals surface area contributed by atoms with Crippen LogP contribution in [-0.4, -0.2) is 101 Å². The minimum atomic E-state index is -1.16. The fraction of sp³-hybridized carbons (Fsp3) is 0.353. The highest BCUT2D eigenvalue weighted by Gasteiger charge is 2.41. The number of methoxy groups -OCH3 is 2. The number of carboxylic acid groups (broad SMARTS) is 1. The van der Waals surface area contributed by atoms with Crippen molar-refractivity contribution in [3.8, 4) is 11.5 Å². The van der Waals surface area contributed by atoms with Crippen LogP contribution in [-0.2, 0) is 38.4 Å². The lowest BCUT2D eigenvalue weighted by Crippen LogP contribution is -2.61. The van der Waals surface area contributed by atoms with Gasteiger partial charge in [-0.25, -0.2) is 0 Å². The van der Waals surface area contributed by atoms with E-state index in [0.717, 1.165) is 32.7 Å². The number of carbonyl (C=O) groups excluding carboxylic acids is 3. The molecule has 1 saturated heterocycles. The third-order valence-corrected chi connectivity index (χ3v) is 9.24. The van der Waals surface area contributed by atoms with Gasteiger partial charge in [-0.3, -0.25) is 19.2 Å². The molecule has 1 aliphatic heterocycles. The SMILES string of the molecule is COc1ccc(CCN2CC(=O)N(CCc3cccs3)C(CC(=O)N(CCc3c[nH]c4ccc(OC)cc34)CC(=O)O)C2=O)cc1. The van der Waals surface area contributed by atoms with Crippen LogP contribution in [0.25, 0.3) is 10.9 Å². The maximum Gasteiger partial charge on any atom is 0.323 e. The molecule has 242 valence electrons. The van der Waals surface area contributed by atoms with Gasteiger partial charge in [-0.05, 0) is 72.2 Å². The zero-order valence-corrected chi connectivity index (χ0v) is 26.8. The van der Waals surface area contributed by atoms with Gasteiger partial charge >= 0.3 is 5.97 Å². The molecular formula is C34H38N4O7S. The minimum Gasteiger partial charge on any atom is -0.497 e. The number of aromatic nitrogens is 1. The van der Waals surface area contributed by atoms with Gasteiger partial charge in [0.25, 0.3) is 0 Å². The summed E-state index contributed by atoms with van der Waals surface area (Å²) in [5.41, 5.74) is 2.79. The molecule has 5 rings (SSSR count). The van der Waals surface area contributed by atoms with Gasteiger partial charge in [0.2, 0.25) is 17.7 Å². The summed E-state index contributed by atoms with van der Waals surface area (Å²) in [6.45, 7) is 0.123. The number of nitrogens with one attached hydrogen (secondary N) is 1. The topological polar surface area (TPSA) is 132 Å². The number of rotatable bonds is 15. The summed E-state index contributed by atoms with van der Waals surface area (Å²) < 4.78 is 10.6. The van der Waals surface area contributed by atoms with Gasteiger partial charge in [-0.15, -0.1) is 11.3 Å². The molecule has 3 heterocycles. The fourth-order valence-corrected chi connectivity index (χ4v) is 6.45. The Morgan fingerprint density at radius 1 is 1.00 bits per heavy atom. The Labute approximate surface area is 271 Å². The Balaban J connectivity index is 1.32. The number of aromatic amines is 1. The molecule has 1 unspecified atom stereocenters. The van der Waals surface area contributed by atoms with E-state index >= 15 is 0 Å². The van der Waals surface area contributed by atoms with Crippen molar-refractivity contribution in [1.82, 2.24) is 19.7 Å². The first-order valence-electron chi connectivity index (χ1n) is 15.1. The standard InChI is InChI=1S/C34H38N4O7S/c1-44-25-7-5-23(6-8-25)11-14-37-21-32(40)38(16-13-27-4-3-17-46-27)30(34(37)43)19-31(39)36(22-33(41)42)15-12-24-20-35-29-10-9-26(45-2)18-28(24)29/h3-10,17-18,20,30,35H,11-16,19,21-22H2,1-2H3,(H,41,42). The predicted octanol–water partition coefficient (Wildman–Crippen LogP) is 3.62. The van der Waals surface area contributed by atoms with Crippen molar-refractivity contribution in [2.75, 3.05) is 46.9 Å². The van der Waals surface area contributed by atoms with E-state index in [4.69, 9.17) is 9.47 Å². The van der Waals surface area contributed by atoms with Crippen molar-refractivity contribution in [3.63, 3.8) is 0 Å². The van der Waals surface area contributed by atoms with Gasteiger partial charge in [0.1, 0.15) is 24.1 Å². The number of H-pyrrole nitrogens is 1. The number of thiophene rings is 1. The normalized spacial score (nSPS) is 15.0. The Morgan fingerprint density at radius 2 is 1.76 bits per heavy atom. The van der Waals surface area contributed by atoms with Crippen LogP contribution in [0.1, 0.15) is 22.4 Å². The average molecular weight is 647 g/mol. The summed E-state index contributed by atoms with van der Waals surface area (Å²) >= 11 is 1.56. The molecule has 0 bridgehead atoms. The minimum absolute atomic E-state index is 0.0764. The van der Waals surface area contributed by atoms with E-state index < -0.39 is 24.5 Å². The van der Waals surface area contributed by atoms with E-state index in [9.17, 15) is 24.3 Å².